The molecule has 1 saturated carbocycles. The molecule has 0 spiro atoms. The Hall–Kier alpha value is -1.16. The smallest absolute Gasteiger partial charge is 0.133 e. The molecule has 0 unspecified atom stereocenters. The lowest BCUT2D eigenvalue weighted by atomic mass is 10.4. The molecular formula is C10H16N4. The first-order chi connectivity index (χ1) is 6.81. The van der Waals surface area contributed by atoms with Crippen molar-refractivity contribution in [2.45, 2.75) is 18.8 Å². The van der Waals surface area contributed by atoms with Crippen LogP contribution in [-0.2, 0) is 0 Å². The highest BCUT2D eigenvalue weighted by molar-refractivity contribution is 5.36. The summed E-state index contributed by atoms with van der Waals surface area (Å²) in [6.07, 6.45) is 4.32. The van der Waals surface area contributed by atoms with Crippen molar-refractivity contribution in [2.75, 3.05) is 25.0 Å². The fourth-order valence-electron chi connectivity index (χ4n) is 1.42. The van der Waals surface area contributed by atoms with E-state index in [0.717, 1.165) is 18.2 Å². The summed E-state index contributed by atoms with van der Waals surface area (Å²) in [5.41, 5.74) is 5.49. The van der Waals surface area contributed by atoms with Crippen LogP contribution in [0.15, 0.2) is 12.3 Å². The number of anilines is 1. The number of aromatic nitrogens is 2. The quantitative estimate of drug-likeness (QED) is 0.764. The summed E-state index contributed by atoms with van der Waals surface area (Å²) in [5.74, 6) is 2.58. The highest BCUT2D eigenvalue weighted by Gasteiger charge is 2.26. The van der Waals surface area contributed by atoms with Gasteiger partial charge >= 0.3 is 0 Å². The van der Waals surface area contributed by atoms with Crippen LogP contribution in [0.3, 0.4) is 0 Å². The van der Waals surface area contributed by atoms with Crippen LogP contribution in [0.1, 0.15) is 24.6 Å². The van der Waals surface area contributed by atoms with Gasteiger partial charge in [0.25, 0.3) is 0 Å². The maximum absolute atomic E-state index is 5.49. The second-order valence-electron chi connectivity index (χ2n) is 3.76. The molecule has 2 rings (SSSR count). The zero-order valence-corrected chi connectivity index (χ0v) is 8.48. The van der Waals surface area contributed by atoms with Crippen molar-refractivity contribution in [1.29, 1.82) is 0 Å². The molecule has 1 aromatic heterocycles. The number of hydrogen-bond donors (Lipinski definition) is 1. The summed E-state index contributed by atoms with van der Waals surface area (Å²) in [7, 11) is 2.01. The minimum absolute atomic E-state index is 0.612. The van der Waals surface area contributed by atoms with E-state index in [-0.39, 0.29) is 0 Å². The molecule has 76 valence electrons. The molecule has 2 N–H and O–H groups in total. The van der Waals surface area contributed by atoms with E-state index in [1.165, 1.54) is 12.8 Å². The normalized spacial score (nSPS) is 15.6. The lowest BCUT2D eigenvalue weighted by molar-refractivity contribution is 0.840. The van der Waals surface area contributed by atoms with Crippen molar-refractivity contribution in [3.63, 3.8) is 0 Å². The summed E-state index contributed by atoms with van der Waals surface area (Å²) >= 11 is 0. The van der Waals surface area contributed by atoms with E-state index in [4.69, 9.17) is 5.73 Å². The van der Waals surface area contributed by atoms with Gasteiger partial charge in [-0.1, -0.05) is 0 Å². The summed E-state index contributed by atoms with van der Waals surface area (Å²) in [6, 6.07) is 1.93. The molecule has 1 aromatic rings. The average molecular weight is 192 g/mol. The highest BCUT2D eigenvalue weighted by Crippen LogP contribution is 2.38. The van der Waals surface area contributed by atoms with E-state index in [0.29, 0.717) is 12.5 Å². The van der Waals surface area contributed by atoms with Crippen LogP contribution in [0.2, 0.25) is 0 Å². The monoisotopic (exact) mass is 192 g/mol. The van der Waals surface area contributed by atoms with Gasteiger partial charge in [-0.25, -0.2) is 9.97 Å². The molecule has 0 aromatic carbocycles. The first kappa shape index (κ1) is 9.40. The lowest BCUT2D eigenvalue weighted by Gasteiger charge is -2.16. The van der Waals surface area contributed by atoms with Crippen LogP contribution in [0.4, 0.5) is 5.82 Å². The molecule has 4 nitrogen and oxygen atoms in total. The minimum Gasteiger partial charge on any atom is -0.358 e. The van der Waals surface area contributed by atoms with Crippen molar-refractivity contribution < 1.29 is 0 Å². The predicted octanol–water partition coefficient (Wildman–Crippen LogP) is 0.749. The Kier molecular flexibility index (Phi) is 2.63. The summed E-state index contributed by atoms with van der Waals surface area (Å²) in [4.78, 5) is 10.9. The minimum atomic E-state index is 0.612. The molecule has 0 radical (unpaired) electrons. The van der Waals surface area contributed by atoms with Crippen molar-refractivity contribution in [3.8, 4) is 0 Å². The van der Waals surface area contributed by atoms with Gasteiger partial charge in [-0.05, 0) is 18.9 Å². The molecule has 1 aliphatic carbocycles. The molecule has 0 amide bonds. The van der Waals surface area contributed by atoms with Crippen molar-refractivity contribution in [1.82, 2.24) is 9.97 Å². The molecule has 0 bridgehead atoms. The van der Waals surface area contributed by atoms with Crippen LogP contribution in [0.5, 0.6) is 0 Å². The maximum atomic E-state index is 5.49. The van der Waals surface area contributed by atoms with Gasteiger partial charge in [-0.15, -0.1) is 0 Å². The summed E-state index contributed by atoms with van der Waals surface area (Å²) in [6.45, 7) is 1.49. The Morgan fingerprint density at radius 2 is 2.36 bits per heavy atom. The van der Waals surface area contributed by atoms with Crippen LogP contribution < -0.4 is 10.6 Å². The SMILES string of the molecule is CN(CCN)c1ccnc(C2CC2)n1. The molecule has 4 heteroatoms. The van der Waals surface area contributed by atoms with Gasteiger partial charge in [-0.2, -0.15) is 0 Å². The first-order valence-corrected chi connectivity index (χ1v) is 5.05. The lowest BCUT2D eigenvalue weighted by Crippen LogP contribution is -2.26. The number of nitrogens with zero attached hydrogens (tertiary/aromatic N) is 3. The van der Waals surface area contributed by atoms with E-state index in [9.17, 15) is 0 Å². The first-order valence-electron chi connectivity index (χ1n) is 5.05. The van der Waals surface area contributed by atoms with Gasteiger partial charge in [0.05, 0.1) is 0 Å². The molecule has 1 heterocycles. The van der Waals surface area contributed by atoms with Crippen LogP contribution >= 0.6 is 0 Å². The molecule has 0 saturated heterocycles. The van der Waals surface area contributed by atoms with Gasteiger partial charge in [0.1, 0.15) is 11.6 Å². The van der Waals surface area contributed by atoms with Gasteiger partial charge in [0.2, 0.25) is 0 Å². The fourth-order valence-corrected chi connectivity index (χ4v) is 1.42. The largest absolute Gasteiger partial charge is 0.358 e. The number of likely N-dealkylation sites (N-methyl/N-ethyl adjacent to an activating group) is 1. The molecule has 14 heavy (non-hydrogen) atoms. The van der Waals surface area contributed by atoms with E-state index >= 15 is 0 Å². The van der Waals surface area contributed by atoms with Crippen molar-refractivity contribution in [3.05, 3.63) is 18.1 Å². The molecular weight excluding hydrogens is 176 g/mol. The predicted molar refractivity (Wildman–Crippen MR) is 56.3 cm³/mol. The van der Waals surface area contributed by atoms with Crippen LogP contribution in [0.25, 0.3) is 0 Å². The summed E-state index contributed by atoms with van der Waals surface area (Å²) < 4.78 is 0. The van der Waals surface area contributed by atoms with Crippen LogP contribution in [-0.4, -0.2) is 30.1 Å². The number of rotatable bonds is 4. The molecule has 1 fully saturated rings. The highest BCUT2D eigenvalue weighted by atomic mass is 15.2. The Balaban J connectivity index is 2.12. The van der Waals surface area contributed by atoms with Crippen molar-refractivity contribution in [2.24, 2.45) is 5.73 Å². The van der Waals surface area contributed by atoms with Crippen molar-refractivity contribution >= 4 is 5.82 Å². The van der Waals surface area contributed by atoms with Gasteiger partial charge in [-0.3, -0.25) is 0 Å². The standard InChI is InChI=1S/C10H16N4/c1-14(7-5-11)9-4-6-12-10(13-9)8-2-3-8/h4,6,8H,2-3,5,7,11H2,1H3. The van der Waals surface area contributed by atoms with Crippen LogP contribution in [0, 0.1) is 0 Å². The van der Waals surface area contributed by atoms with Gasteiger partial charge < -0.3 is 10.6 Å². The van der Waals surface area contributed by atoms with Gasteiger partial charge in [0.15, 0.2) is 0 Å². The number of hydrogen-bond acceptors (Lipinski definition) is 4. The Bertz CT molecular complexity index is 309. The topological polar surface area (TPSA) is 55.0 Å². The molecule has 0 atom stereocenters. The maximum Gasteiger partial charge on any atom is 0.133 e. The van der Waals surface area contributed by atoms with E-state index in [1.54, 1.807) is 0 Å². The van der Waals surface area contributed by atoms with E-state index < -0.39 is 0 Å². The molecule has 1 aliphatic rings. The van der Waals surface area contributed by atoms with E-state index in [2.05, 4.69) is 14.9 Å². The Labute approximate surface area is 84.2 Å². The summed E-state index contributed by atoms with van der Waals surface area (Å²) in [5, 5.41) is 0. The third kappa shape index (κ3) is 2.01. The second kappa shape index (κ2) is 3.92. The third-order valence-electron chi connectivity index (χ3n) is 2.46. The van der Waals surface area contributed by atoms with Gasteiger partial charge in [0, 0.05) is 32.3 Å². The molecule has 0 aliphatic heterocycles. The fraction of sp³-hybridized carbons (Fsp3) is 0.600. The Morgan fingerprint density at radius 3 is 3.00 bits per heavy atom. The third-order valence-corrected chi connectivity index (χ3v) is 2.46. The Morgan fingerprint density at radius 1 is 1.57 bits per heavy atom. The average Bonchev–Trinajstić information content (AvgIpc) is 3.02. The number of nitrogens with two attached hydrogens (primary N) is 1. The zero-order valence-electron chi connectivity index (χ0n) is 8.48. The zero-order chi connectivity index (χ0) is 9.97. The second-order valence-corrected chi connectivity index (χ2v) is 3.76. The van der Waals surface area contributed by atoms with E-state index in [1.807, 2.05) is 19.3 Å².